The van der Waals surface area contributed by atoms with E-state index in [-0.39, 0.29) is 11.3 Å². The zero-order valence-corrected chi connectivity index (χ0v) is 9.96. The quantitative estimate of drug-likeness (QED) is 0.728. The Morgan fingerprint density at radius 2 is 2.06 bits per heavy atom. The van der Waals surface area contributed by atoms with Gasteiger partial charge in [-0.05, 0) is 23.1 Å². The van der Waals surface area contributed by atoms with Crippen LogP contribution in [0.5, 0.6) is 5.75 Å². The van der Waals surface area contributed by atoms with Crippen molar-refractivity contribution in [2.24, 2.45) is 0 Å². The van der Waals surface area contributed by atoms with E-state index in [0.717, 1.165) is 11.4 Å². The minimum atomic E-state index is 0.0183. The average molecular weight is 219 g/mol. The highest BCUT2D eigenvalue weighted by Gasteiger charge is 2.18. The van der Waals surface area contributed by atoms with Crippen LogP contribution in [-0.2, 0) is 10.2 Å². The Hall–Kier alpha value is -1.51. The average Bonchev–Trinajstić information content (AvgIpc) is 2.35. The number of nitrogens with one attached hydrogen (secondary N) is 1. The largest absolute Gasteiger partial charge is 0.491 e. The first-order valence-corrected chi connectivity index (χ1v) is 5.54. The molecule has 0 aromatic heterocycles. The van der Waals surface area contributed by atoms with Gasteiger partial charge in [0, 0.05) is 0 Å². The molecule has 0 spiro atoms. The van der Waals surface area contributed by atoms with Gasteiger partial charge in [-0.1, -0.05) is 26.8 Å². The number of rotatable bonds is 0. The van der Waals surface area contributed by atoms with Crippen LogP contribution in [0.25, 0.3) is 0 Å². The highest BCUT2D eigenvalue weighted by molar-refractivity contribution is 5.93. The molecule has 1 heterocycles. The van der Waals surface area contributed by atoms with Gasteiger partial charge in [0.15, 0.2) is 0 Å². The minimum absolute atomic E-state index is 0.0183. The fraction of sp³-hybridized carbons (Fsp3) is 0.462. The zero-order valence-electron chi connectivity index (χ0n) is 9.96. The summed E-state index contributed by atoms with van der Waals surface area (Å²) in [6.07, 6.45) is 0.416. The Bertz CT molecular complexity index is 418. The standard InChI is InChI=1S/C13H17NO2/c1-13(2,3)9-4-5-11-10(8-9)14-12(15)6-7-16-11/h4-5,8H,6-7H2,1-3H3,(H,14,15). The Kier molecular flexibility index (Phi) is 2.62. The third kappa shape index (κ3) is 2.18. The van der Waals surface area contributed by atoms with E-state index in [0.29, 0.717) is 13.0 Å². The molecule has 3 heteroatoms. The molecule has 0 unspecified atom stereocenters. The molecule has 2 rings (SSSR count). The normalized spacial score (nSPS) is 15.8. The smallest absolute Gasteiger partial charge is 0.227 e. The number of amides is 1. The van der Waals surface area contributed by atoms with Crippen molar-refractivity contribution < 1.29 is 9.53 Å². The van der Waals surface area contributed by atoms with E-state index in [1.165, 1.54) is 5.56 Å². The Morgan fingerprint density at radius 1 is 1.31 bits per heavy atom. The predicted octanol–water partition coefficient (Wildman–Crippen LogP) is 2.71. The van der Waals surface area contributed by atoms with Crippen molar-refractivity contribution in [3.05, 3.63) is 23.8 Å². The van der Waals surface area contributed by atoms with Gasteiger partial charge < -0.3 is 10.1 Å². The number of carbonyl (C=O) groups excluding carboxylic acids is 1. The van der Waals surface area contributed by atoms with Crippen LogP contribution in [0.4, 0.5) is 5.69 Å². The van der Waals surface area contributed by atoms with E-state index >= 15 is 0 Å². The second kappa shape index (κ2) is 3.81. The van der Waals surface area contributed by atoms with Crippen molar-refractivity contribution in [3.63, 3.8) is 0 Å². The third-order valence-corrected chi connectivity index (χ3v) is 2.71. The van der Waals surface area contributed by atoms with Gasteiger partial charge in [-0.25, -0.2) is 0 Å². The molecule has 86 valence electrons. The van der Waals surface area contributed by atoms with E-state index in [4.69, 9.17) is 4.74 Å². The van der Waals surface area contributed by atoms with E-state index < -0.39 is 0 Å². The van der Waals surface area contributed by atoms with Gasteiger partial charge in [-0.2, -0.15) is 0 Å². The van der Waals surface area contributed by atoms with E-state index in [2.05, 4.69) is 32.2 Å². The van der Waals surface area contributed by atoms with Gasteiger partial charge in [0.05, 0.1) is 18.7 Å². The van der Waals surface area contributed by atoms with Gasteiger partial charge in [-0.3, -0.25) is 4.79 Å². The highest BCUT2D eigenvalue weighted by atomic mass is 16.5. The second-order valence-electron chi connectivity index (χ2n) is 5.11. The van der Waals surface area contributed by atoms with E-state index in [1.807, 2.05) is 12.1 Å². The van der Waals surface area contributed by atoms with Gasteiger partial charge in [0.2, 0.25) is 5.91 Å². The summed E-state index contributed by atoms with van der Waals surface area (Å²) in [5.41, 5.74) is 2.05. The molecule has 0 bridgehead atoms. The maximum absolute atomic E-state index is 11.4. The molecule has 0 atom stereocenters. The molecule has 3 nitrogen and oxygen atoms in total. The molecule has 0 saturated carbocycles. The summed E-state index contributed by atoms with van der Waals surface area (Å²) in [6, 6.07) is 5.98. The maximum atomic E-state index is 11.4. The van der Waals surface area contributed by atoms with Gasteiger partial charge in [0.1, 0.15) is 5.75 Å². The molecule has 1 N–H and O–H groups in total. The first-order chi connectivity index (χ1) is 7.47. The molecule has 1 aliphatic heterocycles. The SMILES string of the molecule is CC(C)(C)c1ccc2c(c1)NC(=O)CCO2. The van der Waals surface area contributed by atoms with Crippen LogP contribution >= 0.6 is 0 Å². The zero-order chi connectivity index (χ0) is 11.8. The van der Waals surface area contributed by atoms with Crippen molar-refractivity contribution in [2.75, 3.05) is 11.9 Å². The molecule has 0 saturated heterocycles. The van der Waals surface area contributed by atoms with Gasteiger partial charge in [0.25, 0.3) is 0 Å². The predicted molar refractivity (Wildman–Crippen MR) is 63.9 cm³/mol. The number of hydrogen-bond acceptors (Lipinski definition) is 2. The molecule has 1 aromatic rings. The van der Waals surface area contributed by atoms with Crippen LogP contribution in [0.2, 0.25) is 0 Å². The van der Waals surface area contributed by atoms with Crippen LogP contribution < -0.4 is 10.1 Å². The molecular weight excluding hydrogens is 202 g/mol. The number of hydrogen-bond donors (Lipinski definition) is 1. The number of ether oxygens (including phenoxy) is 1. The summed E-state index contributed by atoms with van der Waals surface area (Å²) in [4.78, 5) is 11.4. The summed E-state index contributed by atoms with van der Waals surface area (Å²) in [5, 5.41) is 2.87. The maximum Gasteiger partial charge on any atom is 0.227 e. The molecule has 1 amide bonds. The number of benzene rings is 1. The Labute approximate surface area is 95.8 Å². The fourth-order valence-electron chi connectivity index (χ4n) is 1.69. The lowest BCUT2D eigenvalue weighted by molar-refractivity contribution is -0.116. The first-order valence-electron chi connectivity index (χ1n) is 5.54. The van der Waals surface area contributed by atoms with E-state index in [9.17, 15) is 4.79 Å². The molecule has 16 heavy (non-hydrogen) atoms. The van der Waals surface area contributed by atoms with Crippen molar-refractivity contribution in [1.82, 2.24) is 0 Å². The van der Waals surface area contributed by atoms with Gasteiger partial charge >= 0.3 is 0 Å². The number of fused-ring (bicyclic) bond motifs is 1. The molecule has 1 aliphatic rings. The van der Waals surface area contributed by atoms with Crippen molar-refractivity contribution >= 4 is 11.6 Å². The minimum Gasteiger partial charge on any atom is -0.491 e. The van der Waals surface area contributed by atoms with Crippen LogP contribution in [0.1, 0.15) is 32.8 Å². The lowest BCUT2D eigenvalue weighted by Crippen LogP contribution is -2.13. The number of anilines is 1. The lowest BCUT2D eigenvalue weighted by atomic mass is 9.87. The Balaban J connectivity index is 2.40. The van der Waals surface area contributed by atoms with Gasteiger partial charge in [-0.15, -0.1) is 0 Å². The summed E-state index contributed by atoms with van der Waals surface area (Å²) in [6.45, 7) is 6.89. The van der Waals surface area contributed by atoms with Crippen LogP contribution in [0.15, 0.2) is 18.2 Å². The molecule has 0 aliphatic carbocycles. The van der Waals surface area contributed by atoms with Crippen molar-refractivity contribution in [2.45, 2.75) is 32.6 Å². The third-order valence-electron chi connectivity index (χ3n) is 2.71. The summed E-state index contributed by atoms with van der Waals surface area (Å²) in [7, 11) is 0. The first kappa shape index (κ1) is 11.0. The monoisotopic (exact) mass is 219 g/mol. The lowest BCUT2D eigenvalue weighted by Gasteiger charge is -2.20. The number of carbonyl (C=O) groups is 1. The molecular formula is C13H17NO2. The van der Waals surface area contributed by atoms with E-state index in [1.54, 1.807) is 0 Å². The van der Waals surface area contributed by atoms with Crippen LogP contribution in [0, 0.1) is 0 Å². The van der Waals surface area contributed by atoms with Crippen LogP contribution in [0.3, 0.4) is 0 Å². The molecule has 0 radical (unpaired) electrons. The molecule has 1 aromatic carbocycles. The summed E-state index contributed by atoms with van der Waals surface area (Å²) in [5.74, 6) is 0.781. The topological polar surface area (TPSA) is 38.3 Å². The van der Waals surface area contributed by atoms with Crippen LogP contribution in [-0.4, -0.2) is 12.5 Å². The summed E-state index contributed by atoms with van der Waals surface area (Å²) < 4.78 is 5.50. The fourth-order valence-corrected chi connectivity index (χ4v) is 1.69. The van der Waals surface area contributed by atoms with Crippen molar-refractivity contribution in [3.8, 4) is 5.75 Å². The highest BCUT2D eigenvalue weighted by Crippen LogP contribution is 2.32. The van der Waals surface area contributed by atoms with Crippen molar-refractivity contribution in [1.29, 1.82) is 0 Å². The Morgan fingerprint density at radius 3 is 2.75 bits per heavy atom. The molecule has 0 fully saturated rings. The second-order valence-corrected chi connectivity index (χ2v) is 5.11. The summed E-state index contributed by atoms with van der Waals surface area (Å²) >= 11 is 0.